The maximum atomic E-state index is 12.4. The SMILES string of the molecule is C=CCN(Cc1ccc(C(F)(F)F)cc1)C(C)C. The van der Waals surface area contributed by atoms with Gasteiger partial charge in [0.15, 0.2) is 0 Å². The van der Waals surface area contributed by atoms with E-state index in [2.05, 4.69) is 11.5 Å². The van der Waals surface area contributed by atoms with Crippen molar-refractivity contribution in [3.8, 4) is 0 Å². The lowest BCUT2D eigenvalue weighted by Gasteiger charge is -2.25. The Hall–Kier alpha value is -1.29. The first kappa shape index (κ1) is 14.8. The predicted molar refractivity (Wildman–Crippen MR) is 67.2 cm³/mol. The summed E-state index contributed by atoms with van der Waals surface area (Å²) >= 11 is 0. The van der Waals surface area contributed by atoms with Crippen LogP contribution in [0.1, 0.15) is 25.0 Å². The van der Waals surface area contributed by atoms with Gasteiger partial charge in [-0.05, 0) is 31.5 Å². The molecule has 0 aromatic heterocycles. The standard InChI is InChI=1S/C14H18F3N/c1-4-9-18(11(2)3)10-12-5-7-13(8-6-12)14(15,16)17/h4-8,11H,1,9-10H2,2-3H3. The van der Waals surface area contributed by atoms with Crippen LogP contribution in [0.5, 0.6) is 0 Å². The minimum atomic E-state index is -4.27. The summed E-state index contributed by atoms with van der Waals surface area (Å²) in [6.07, 6.45) is -2.47. The quantitative estimate of drug-likeness (QED) is 0.718. The van der Waals surface area contributed by atoms with Crippen molar-refractivity contribution in [2.24, 2.45) is 0 Å². The summed E-state index contributed by atoms with van der Waals surface area (Å²) in [5.74, 6) is 0. The highest BCUT2D eigenvalue weighted by atomic mass is 19.4. The van der Waals surface area contributed by atoms with Crippen molar-refractivity contribution in [2.45, 2.75) is 32.6 Å². The minimum absolute atomic E-state index is 0.324. The Morgan fingerprint density at radius 3 is 2.17 bits per heavy atom. The number of halogens is 3. The zero-order valence-electron chi connectivity index (χ0n) is 10.7. The van der Waals surface area contributed by atoms with E-state index in [4.69, 9.17) is 0 Å². The summed E-state index contributed by atoms with van der Waals surface area (Å²) in [7, 11) is 0. The number of hydrogen-bond donors (Lipinski definition) is 0. The maximum Gasteiger partial charge on any atom is 0.416 e. The molecule has 0 amide bonds. The first-order chi connectivity index (χ1) is 8.34. The molecule has 0 saturated carbocycles. The third kappa shape index (κ3) is 4.18. The largest absolute Gasteiger partial charge is 0.416 e. The van der Waals surface area contributed by atoms with E-state index in [9.17, 15) is 13.2 Å². The topological polar surface area (TPSA) is 3.24 Å². The van der Waals surface area contributed by atoms with Crippen molar-refractivity contribution in [3.05, 3.63) is 48.0 Å². The van der Waals surface area contributed by atoms with Crippen LogP contribution in [0.2, 0.25) is 0 Å². The van der Waals surface area contributed by atoms with Gasteiger partial charge in [-0.2, -0.15) is 13.2 Å². The molecule has 0 aliphatic rings. The van der Waals surface area contributed by atoms with Gasteiger partial charge < -0.3 is 0 Å². The number of rotatable bonds is 5. The van der Waals surface area contributed by atoms with E-state index < -0.39 is 11.7 Å². The Labute approximate surface area is 106 Å². The zero-order chi connectivity index (χ0) is 13.8. The molecule has 0 heterocycles. The van der Waals surface area contributed by atoms with Crippen LogP contribution in [-0.2, 0) is 12.7 Å². The van der Waals surface area contributed by atoms with Crippen LogP contribution >= 0.6 is 0 Å². The lowest BCUT2D eigenvalue weighted by Crippen LogP contribution is -2.30. The van der Waals surface area contributed by atoms with Gasteiger partial charge in [0.2, 0.25) is 0 Å². The molecule has 0 atom stereocenters. The van der Waals surface area contributed by atoms with Crippen molar-refractivity contribution < 1.29 is 13.2 Å². The van der Waals surface area contributed by atoms with E-state index in [1.54, 1.807) is 6.08 Å². The van der Waals surface area contributed by atoms with E-state index in [0.717, 1.165) is 24.2 Å². The Morgan fingerprint density at radius 2 is 1.78 bits per heavy atom. The van der Waals surface area contributed by atoms with Crippen molar-refractivity contribution in [1.82, 2.24) is 4.90 Å². The van der Waals surface area contributed by atoms with Gasteiger partial charge in [-0.25, -0.2) is 0 Å². The molecule has 0 saturated heterocycles. The van der Waals surface area contributed by atoms with E-state index >= 15 is 0 Å². The van der Waals surface area contributed by atoms with E-state index in [1.807, 2.05) is 13.8 Å². The highest BCUT2D eigenvalue weighted by Crippen LogP contribution is 2.29. The van der Waals surface area contributed by atoms with Gasteiger partial charge in [-0.15, -0.1) is 6.58 Å². The highest BCUT2D eigenvalue weighted by molar-refractivity contribution is 5.24. The predicted octanol–water partition coefficient (Wildman–Crippen LogP) is 4.10. The van der Waals surface area contributed by atoms with Crippen LogP contribution in [-0.4, -0.2) is 17.5 Å². The number of benzene rings is 1. The van der Waals surface area contributed by atoms with Crippen LogP contribution in [0.15, 0.2) is 36.9 Å². The molecule has 0 fully saturated rings. The molecular weight excluding hydrogens is 239 g/mol. The average molecular weight is 257 g/mol. The zero-order valence-corrected chi connectivity index (χ0v) is 10.7. The molecule has 100 valence electrons. The van der Waals surface area contributed by atoms with E-state index in [-0.39, 0.29) is 0 Å². The van der Waals surface area contributed by atoms with Crippen LogP contribution < -0.4 is 0 Å². The second-order valence-corrected chi connectivity index (χ2v) is 4.51. The molecule has 0 N–H and O–H groups in total. The molecule has 0 unspecified atom stereocenters. The normalized spacial score (nSPS) is 12.2. The fourth-order valence-corrected chi connectivity index (χ4v) is 1.66. The van der Waals surface area contributed by atoms with Crippen molar-refractivity contribution in [1.29, 1.82) is 0 Å². The monoisotopic (exact) mass is 257 g/mol. The Balaban J connectivity index is 2.76. The fourth-order valence-electron chi connectivity index (χ4n) is 1.66. The van der Waals surface area contributed by atoms with E-state index in [0.29, 0.717) is 12.6 Å². The number of nitrogens with zero attached hydrogens (tertiary/aromatic N) is 1. The van der Waals surface area contributed by atoms with Gasteiger partial charge >= 0.3 is 6.18 Å². The highest BCUT2D eigenvalue weighted by Gasteiger charge is 2.29. The lowest BCUT2D eigenvalue weighted by molar-refractivity contribution is -0.137. The average Bonchev–Trinajstić information content (AvgIpc) is 2.28. The van der Waals surface area contributed by atoms with Crippen molar-refractivity contribution >= 4 is 0 Å². The first-order valence-corrected chi connectivity index (χ1v) is 5.85. The third-order valence-electron chi connectivity index (χ3n) is 2.76. The van der Waals surface area contributed by atoms with Crippen molar-refractivity contribution in [3.63, 3.8) is 0 Å². The molecule has 0 aliphatic carbocycles. The Morgan fingerprint density at radius 1 is 1.22 bits per heavy atom. The van der Waals surface area contributed by atoms with Crippen molar-refractivity contribution in [2.75, 3.05) is 6.54 Å². The first-order valence-electron chi connectivity index (χ1n) is 5.85. The van der Waals surface area contributed by atoms with Crippen LogP contribution in [0.4, 0.5) is 13.2 Å². The molecular formula is C14H18F3N. The molecule has 1 nitrogen and oxygen atoms in total. The third-order valence-corrected chi connectivity index (χ3v) is 2.76. The van der Waals surface area contributed by atoms with Gasteiger partial charge in [0.25, 0.3) is 0 Å². The minimum Gasteiger partial charge on any atom is -0.293 e. The van der Waals surface area contributed by atoms with Crippen LogP contribution in [0, 0.1) is 0 Å². The Bertz CT molecular complexity index is 379. The summed E-state index contributed by atoms with van der Waals surface area (Å²) in [4.78, 5) is 2.13. The van der Waals surface area contributed by atoms with Gasteiger partial charge in [0.05, 0.1) is 5.56 Å². The molecule has 0 bridgehead atoms. The summed E-state index contributed by atoms with van der Waals surface area (Å²) in [6.45, 7) is 9.13. The fraction of sp³-hybridized carbons (Fsp3) is 0.429. The van der Waals surface area contributed by atoms with E-state index in [1.165, 1.54) is 12.1 Å². The lowest BCUT2D eigenvalue weighted by atomic mass is 10.1. The molecule has 18 heavy (non-hydrogen) atoms. The Kier molecular flexibility index (Phi) is 4.96. The van der Waals surface area contributed by atoms with Gasteiger partial charge in [0, 0.05) is 19.1 Å². The summed E-state index contributed by atoms with van der Waals surface area (Å²) in [5, 5.41) is 0. The van der Waals surface area contributed by atoms with Crippen LogP contribution in [0.3, 0.4) is 0 Å². The molecule has 0 radical (unpaired) electrons. The molecule has 1 aromatic rings. The smallest absolute Gasteiger partial charge is 0.293 e. The van der Waals surface area contributed by atoms with Gasteiger partial charge in [-0.3, -0.25) is 4.90 Å². The second kappa shape index (κ2) is 6.05. The number of alkyl halides is 3. The summed E-state index contributed by atoms with van der Waals surface area (Å²) < 4.78 is 37.2. The summed E-state index contributed by atoms with van der Waals surface area (Å²) in [6, 6.07) is 5.64. The molecule has 4 heteroatoms. The molecule has 0 spiro atoms. The molecule has 0 aliphatic heterocycles. The summed E-state index contributed by atoms with van der Waals surface area (Å²) in [5.41, 5.74) is 0.268. The van der Waals surface area contributed by atoms with Gasteiger partial charge in [-0.1, -0.05) is 18.2 Å². The molecule has 1 rings (SSSR count). The van der Waals surface area contributed by atoms with Gasteiger partial charge in [0.1, 0.15) is 0 Å². The second-order valence-electron chi connectivity index (χ2n) is 4.51. The maximum absolute atomic E-state index is 12.4. The number of hydrogen-bond acceptors (Lipinski definition) is 1. The molecule has 1 aromatic carbocycles. The van der Waals surface area contributed by atoms with Crippen LogP contribution in [0.25, 0.3) is 0 Å².